The maximum atomic E-state index is 13.0. The molecule has 0 radical (unpaired) electrons. The molecule has 0 aromatic carbocycles. The van der Waals surface area contributed by atoms with Crippen LogP contribution in [-0.2, 0) is 17.5 Å². The summed E-state index contributed by atoms with van der Waals surface area (Å²) in [4.78, 5) is 32.2. The number of carbonyl (C=O) groups excluding carboxylic acids is 1. The summed E-state index contributed by atoms with van der Waals surface area (Å²) in [6.45, 7) is 2.49. The summed E-state index contributed by atoms with van der Waals surface area (Å²) in [5.41, 5.74) is 0.599. The molecule has 2 aliphatic heterocycles. The standard InChI is InChI=1S/C22H23F5N8O/c1-2-15-21(7-18(36)35(15)13-8-29-20(30-9-13)22(25,26)27)3-5-33(6-4-21)17-11-28-14-10-31-34(12-16(23)24)19(14)32-17/h8-11,15-16H,2-7,12H2,1H3. The van der Waals surface area contributed by atoms with Gasteiger partial charge in [-0.15, -0.1) is 0 Å². The second-order valence-electron chi connectivity index (χ2n) is 9.13. The van der Waals surface area contributed by atoms with Crippen molar-refractivity contribution in [3.05, 3.63) is 30.6 Å². The molecule has 5 heterocycles. The number of halogens is 5. The molecular weight excluding hydrogens is 487 g/mol. The molecule has 3 aromatic heterocycles. The molecular formula is C22H23F5N8O. The Morgan fingerprint density at radius 2 is 1.78 bits per heavy atom. The number of rotatable bonds is 5. The van der Waals surface area contributed by atoms with Crippen LogP contribution in [0.1, 0.15) is 38.4 Å². The normalized spacial score (nSPS) is 20.3. The van der Waals surface area contributed by atoms with Crippen molar-refractivity contribution in [2.24, 2.45) is 5.41 Å². The Morgan fingerprint density at radius 3 is 2.39 bits per heavy atom. The molecule has 1 amide bonds. The molecule has 0 aliphatic carbocycles. The number of alkyl halides is 5. The zero-order valence-corrected chi connectivity index (χ0v) is 19.3. The van der Waals surface area contributed by atoms with Crippen molar-refractivity contribution < 1.29 is 26.7 Å². The number of hydrogen-bond acceptors (Lipinski definition) is 7. The lowest BCUT2D eigenvalue weighted by atomic mass is 9.71. The summed E-state index contributed by atoms with van der Waals surface area (Å²) in [5, 5.41) is 3.94. The third kappa shape index (κ3) is 4.22. The van der Waals surface area contributed by atoms with Gasteiger partial charge >= 0.3 is 6.18 Å². The van der Waals surface area contributed by atoms with Gasteiger partial charge in [0.1, 0.15) is 17.9 Å². The van der Waals surface area contributed by atoms with Crippen LogP contribution in [0.15, 0.2) is 24.8 Å². The van der Waals surface area contributed by atoms with Crippen molar-refractivity contribution in [1.82, 2.24) is 29.7 Å². The lowest BCUT2D eigenvalue weighted by molar-refractivity contribution is -0.145. The van der Waals surface area contributed by atoms with E-state index in [4.69, 9.17) is 0 Å². The Morgan fingerprint density at radius 1 is 1.08 bits per heavy atom. The first-order chi connectivity index (χ1) is 17.1. The van der Waals surface area contributed by atoms with Crippen molar-refractivity contribution in [2.75, 3.05) is 22.9 Å². The van der Waals surface area contributed by atoms with Crippen molar-refractivity contribution >= 4 is 28.6 Å². The molecule has 2 fully saturated rings. The summed E-state index contributed by atoms with van der Waals surface area (Å²) in [6, 6.07) is -0.214. The SMILES string of the molecule is CCC1N(c2cnc(C(F)(F)F)nc2)C(=O)CC12CCN(c1cnc3cnn(CC(F)F)c3n1)CC2. The third-order valence-electron chi connectivity index (χ3n) is 7.07. The number of carbonyl (C=O) groups is 1. The number of anilines is 2. The van der Waals surface area contributed by atoms with Crippen LogP contribution in [0.4, 0.5) is 33.5 Å². The van der Waals surface area contributed by atoms with Crippen molar-refractivity contribution in [3.63, 3.8) is 0 Å². The van der Waals surface area contributed by atoms with E-state index in [2.05, 4.69) is 25.0 Å². The van der Waals surface area contributed by atoms with Crippen molar-refractivity contribution in [2.45, 2.75) is 57.8 Å². The van der Waals surface area contributed by atoms with Crippen LogP contribution in [0.3, 0.4) is 0 Å². The van der Waals surface area contributed by atoms with Crippen LogP contribution in [0.2, 0.25) is 0 Å². The van der Waals surface area contributed by atoms with E-state index in [0.29, 0.717) is 43.7 Å². The van der Waals surface area contributed by atoms with Gasteiger partial charge in [0.2, 0.25) is 11.7 Å². The highest BCUT2D eigenvalue weighted by molar-refractivity contribution is 5.97. The van der Waals surface area contributed by atoms with Crippen LogP contribution in [0.5, 0.6) is 0 Å². The average Bonchev–Trinajstić information content (AvgIpc) is 3.35. The molecule has 1 spiro atoms. The highest BCUT2D eigenvalue weighted by Crippen LogP contribution is 2.49. The van der Waals surface area contributed by atoms with Gasteiger partial charge in [0.05, 0.1) is 30.5 Å². The number of aromatic nitrogens is 6. The first-order valence-electron chi connectivity index (χ1n) is 11.5. The van der Waals surface area contributed by atoms with Gasteiger partial charge < -0.3 is 9.80 Å². The van der Waals surface area contributed by atoms with Crippen molar-refractivity contribution in [1.29, 1.82) is 0 Å². The fourth-order valence-corrected chi connectivity index (χ4v) is 5.43. The number of fused-ring (bicyclic) bond motifs is 1. The Bertz CT molecular complexity index is 1250. The molecule has 0 saturated carbocycles. The van der Waals surface area contributed by atoms with Gasteiger partial charge in [0.25, 0.3) is 6.43 Å². The highest BCUT2D eigenvalue weighted by Gasteiger charge is 2.52. The van der Waals surface area contributed by atoms with Gasteiger partial charge in [0.15, 0.2) is 5.65 Å². The Kier molecular flexibility index (Phi) is 5.99. The Labute approximate surface area is 202 Å². The summed E-state index contributed by atoms with van der Waals surface area (Å²) in [5.74, 6) is -0.878. The van der Waals surface area contributed by atoms with Gasteiger partial charge in [-0.25, -0.2) is 33.4 Å². The van der Waals surface area contributed by atoms with E-state index >= 15 is 0 Å². The van der Waals surface area contributed by atoms with E-state index < -0.39 is 25.0 Å². The van der Waals surface area contributed by atoms with E-state index in [9.17, 15) is 26.7 Å². The summed E-state index contributed by atoms with van der Waals surface area (Å²) >= 11 is 0. The molecule has 192 valence electrons. The van der Waals surface area contributed by atoms with Gasteiger partial charge in [0, 0.05) is 31.0 Å². The quantitative estimate of drug-likeness (QED) is 0.484. The lowest BCUT2D eigenvalue weighted by Crippen LogP contribution is -2.47. The molecule has 2 aliphatic rings. The second-order valence-corrected chi connectivity index (χ2v) is 9.13. The Balaban J connectivity index is 1.34. The number of hydrogen-bond donors (Lipinski definition) is 0. The fraction of sp³-hybridized carbons (Fsp3) is 0.545. The van der Waals surface area contributed by atoms with Crippen LogP contribution in [0.25, 0.3) is 11.2 Å². The van der Waals surface area contributed by atoms with E-state index in [-0.39, 0.29) is 35.1 Å². The molecule has 1 unspecified atom stereocenters. The zero-order chi connectivity index (χ0) is 25.7. The maximum absolute atomic E-state index is 13.0. The molecule has 9 nitrogen and oxygen atoms in total. The summed E-state index contributed by atoms with van der Waals surface area (Å²) in [7, 11) is 0. The third-order valence-corrected chi connectivity index (χ3v) is 7.07. The lowest BCUT2D eigenvalue weighted by Gasteiger charge is -2.43. The number of amides is 1. The summed E-state index contributed by atoms with van der Waals surface area (Å²) < 4.78 is 65.5. The zero-order valence-electron chi connectivity index (χ0n) is 19.3. The predicted molar refractivity (Wildman–Crippen MR) is 118 cm³/mol. The average molecular weight is 510 g/mol. The fourth-order valence-electron chi connectivity index (χ4n) is 5.43. The number of piperidine rings is 1. The largest absolute Gasteiger partial charge is 0.451 e. The van der Waals surface area contributed by atoms with Gasteiger partial charge in [-0.2, -0.15) is 18.3 Å². The van der Waals surface area contributed by atoms with E-state index in [1.54, 1.807) is 6.20 Å². The highest BCUT2D eigenvalue weighted by atomic mass is 19.4. The first kappa shape index (κ1) is 24.3. The van der Waals surface area contributed by atoms with Gasteiger partial charge in [-0.1, -0.05) is 6.92 Å². The minimum atomic E-state index is -4.66. The monoisotopic (exact) mass is 510 g/mol. The Hall–Kier alpha value is -3.45. The van der Waals surface area contributed by atoms with Crippen LogP contribution in [0, 0.1) is 5.41 Å². The van der Waals surface area contributed by atoms with Crippen LogP contribution in [-0.4, -0.2) is 61.2 Å². The minimum Gasteiger partial charge on any atom is -0.355 e. The smallest absolute Gasteiger partial charge is 0.355 e. The topological polar surface area (TPSA) is 92.9 Å². The molecule has 14 heteroatoms. The van der Waals surface area contributed by atoms with Gasteiger partial charge in [-0.05, 0) is 19.3 Å². The second kappa shape index (κ2) is 8.89. The molecule has 2 saturated heterocycles. The predicted octanol–water partition coefficient (Wildman–Crippen LogP) is 3.70. The molecule has 0 bridgehead atoms. The molecule has 3 aromatic rings. The minimum absolute atomic E-state index is 0.171. The molecule has 0 N–H and O–H groups in total. The van der Waals surface area contributed by atoms with E-state index in [0.717, 1.165) is 17.1 Å². The maximum Gasteiger partial charge on any atom is 0.451 e. The number of nitrogens with zero attached hydrogens (tertiary/aromatic N) is 8. The first-order valence-corrected chi connectivity index (χ1v) is 11.5. The van der Waals surface area contributed by atoms with E-state index in [1.165, 1.54) is 11.1 Å². The summed E-state index contributed by atoms with van der Waals surface area (Å²) in [6.07, 6.45) is 0.0308. The van der Waals surface area contributed by atoms with Crippen LogP contribution < -0.4 is 9.80 Å². The molecule has 36 heavy (non-hydrogen) atoms. The molecule has 1 atom stereocenters. The van der Waals surface area contributed by atoms with E-state index in [1.807, 2.05) is 11.8 Å². The van der Waals surface area contributed by atoms with Crippen molar-refractivity contribution in [3.8, 4) is 0 Å². The van der Waals surface area contributed by atoms with Crippen LogP contribution >= 0.6 is 0 Å². The molecule has 5 rings (SSSR count). The van der Waals surface area contributed by atoms with Gasteiger partial charge in [-0.3, -0.25) is 4.79 Å².